The maximum atomic E-state index is 10.2. The van der Waals surface area contributed by atoms with Crippen molar-refractivity contribution in [2.45, 2.75) is 12.8 Å². The largest absolute Gasteiger partial charge is 0.508 e. The van der Waals surface area contributed by atoms with Crippen molar-refractivity contribution in [1.29, 1.82) is 0 Å². The molecule has 0 aromatic heterocycles. The van der Waals surface area contributed by atoms with Crippen LogP contribution in [0.3, 0.4) is 0 Å². The third kappa shape index (κ3) is 2.72. The molecule has 2 aromatic carbocycles. The van der Waals surface area contributed by atoms with Gasteiger partial charge in [0, 0.05) is 12.1 Å². The van der Waals surface area contributed by atoms with Gasteiger partial charge in [0.25, 0.3) is 0 Å². The summed E-state index contributed by atoms with van der Waals surface area (Å²) in [6.07, 6.45) is 1.93. The molecule has 0 spiro atoms. The van der Waals surface area contributed by atoms with Gasteiger partial charge in [0.05, 0.1) is 0 Å². The first kappa shape index (κ1) is 13.9. The molecule has 0 bridgehead atoms. The van der Waals surface area contributed by atoms with E-state index in [4.69, 9.17) is 0 Å². The van der Waals surface area contributed by atoms with Crippen LogP contribution in [-0.4, -0.2) is 30.6 Å². The Labute approximate surface area is 126 Å². The number of hydrogen-bond donors (Lipinski definition) is 1. The fourth-order valence-electron chi connectivity index (χ4n) is 3.17. The highest BCUT2D eigenvalue weighted by atomic mass is 16.3. The molecule has 1 aliphatic carbocycles. The van der Waals surface area contributed by atoms with Crippen LogP contribution < -0.4 is 0 Å². The van der Waals surface area contributed by atoms with E-state index >= 15 is 0 Å². The Kier molecular flexibility index (Phi) is 3.80. The second-order valence-corrected chi connectivity index (χ2v) is 5.89. The molecule has 0 amide bonds. The van der Waals surface area contributed by atoms with Crippen LogP contribution in [0.15, 0.2) is 54.1 Å². The van der Waals surface area contributed by atoms with Crippen LogP contribution in [0.1, 0.15) is 23.1 Å². The van der Waals surface area contributed by atoms with Gasteiger partial charge in [0.2, 0.25) is 0 Å². The van der Waals surface area contributed by atoms with Crippen molar-refractivity contribution in [2.24, 2.45) is 0 Å². The van der Waals surface area contributed by atoms with Crippen molar-refractivity contribution in [2.75, 3.05) is 20.6 Å². The smallest absolute Gasteiger partial charge is 0.119 e. The Morgan fingerprint density at radius 2 is 1.71 bits per heavy atom. The first-order chi connectivity index (χ1) is 10.2. The maximum Gasteiger partial charge on any atom is 0.119 e. The Hall–Kier alpha value is -2.06. The second-order valence-electron chi connectivity index (χ2n) is 5.89. The van der Waals surface area contributed by atoms with Crippen LogP contribution in [-0.2, 0) is 6.42 Å². The lowest BCUT2D eigenvalue weighted by atomic mass is 9.81. The number of benzene rings is 2. The summed E-state index contributed by atoms with van der Waals surface area (Å²) in [5.41, 5.74) is 6.25. The third-order valence-electron chi connectivity index (χ3n) is 4.02. The highest BCUT2D eigenvalue weighted by Crippen LogP contribution is 2.39. The lowest BCUT2D eigenvalue weighted by Crippen LogP contribution is -2.19. The number of rotatable bonds is 3. The first-order valence-corrected chi connectivity index (χ1v) is 7.40. The van der Waals surface area contributed by atoms with Gasteiger partial charge < -0.3 is 10.0 Å². The standard InChI is InChI=1S/C19H21NO/c1-20(2)13-15-11-12-16-17(9-6-10-18(16)21)19(15)14-7-4-3-5-8-14/h3-10,21H,11-13H2,1-2H3. The van der Waals surface area contributed by atoms with Gasteiger partial charge in [-0.3, -0.25) is 0 Å². The topological polar surface area (TPSA) is 23.5 Å². The Balaban J connectivity index is 2.20. The number of aromatic hydroxyl groups is 1. The van der Waals surface area contributed by atoms with E-state index in [1.807, 2.05) is 12.1 Å². The van der Waals surface area contributed by atoms with E-state index in [9.17, 15) is 5.11 Å². The van der Waals surface area contributed by atoms with E-state index in [1.54, 1.807) is 6.07 Å². The molecule has 2 aromatic rings. The Morgan fingerprint density at radius 1 is 0.952 bits per heavy atom. The third-order valence-corrected chi connectivity index (χ3v) is 4.02. The molecule has 1 aliphatic rings. The van der Waals surface area contributed by atoms with Crippen LogP contribution in [0.5, 0.6) is 5.75 Å². The number of likely N-dealkylation sites (N-methyl/N-ethyl adjacent to an activating group) is 1. The minimum atomic E-state index is 0.421. The molecule has 0 fully saturated rings. The van der Waals surface area contributed by atoms with Gasteiger partial charge in [-0.05, 0) is 55.3 Å². The molecule has 3 rings (SSSR count). The number of phenols is 1. The monoisotopic (exact) mass is 279 g/mol. The molecule has 2 nitrogen and oxygen atoms in total. The van der Waals surface area contributed by atoms with Crippen molar-refractivity contribution in [3.05, 3.63) is 70.8 Å². The molecule has 0 radical (unpaired) electrons. The van der Waals surface area contributed by atoms with Crippen LogP contribution in [0.25, 0.3) is 5.57 Å². The molecule has 0 unspecified atom stereocenters. The Bertz CT molecular complexity index is 671. The van der Waals surface area contributed by atoms with Crippen molar-refractivity contribution < 1.29 is 5.11 Å². The SMILES string of the molecule is CN(C)CC1=C(c2ccccc2)c2cccc(O)c2CC1. The number of nitrogens with zero attached hydrogens (tertiary/aromatic N) is 1. The minimum absolute atomic E-state index is 0.421. The van der Waals surface area contributed by atoms with E-state index in [2.05, 4.69) is 49.3 Å². The zero-order chi connectivity index (χ0) is 14.8. The van der Waals surface area contributed by atoms with Crippen molar-refractivity contribution >= 4 is 5.57 Å². The van der Waals surface area contributed by atoms with Gasteiger partial charge in [0.1, 0.15) is 5.75 Å². The number of phenolic OH excluding ortho intramolecular Hbond substituents is 1. The van der Waals surface area contributed by atoms with E-state index in [0.717, 1.165) is 24.9 Å². The quantitative estimate of drug-likeness (QED) is 0.926. The highest BCUT2D eigenvalue weighted by Gasteiger charge is 2.22. The van der Waals surface area contributed by atoms with Crippen LogP contribution >= 0.6 is 0 Å². The van der Waals surface area contributed by atoms with E-state index < -0.39 is 0 Å². The minimum Gasteiger partial charge on any atom is -0.508 e. The summed E-state index contributed by atoms with van der Waals surface area (Å²) < 4.78 is 0. The lowest BCUT2D eigenvalue weighted by molar-refractivity contribution is 0.437. The number of fused-ring (bicyclic) bond motifs is 1. The van der Waals surface area contributed by atoms with Gasteiger partial charge in [-0.1, -0.05) is 42.5 Å². The van der Waals surface area contributed by atoms with Gasteiger partial charge in [-0.15, -0.1) is 0 Å². The fourth-order valence-corrected chi connectivity index (χ4v) is 3.17. The summed E-state index contributed by atoms with van der Waals surface area (Å²) in [7, 11) is 4.21. The molecular weight excluding hydrogens is 258 g/mol. The fraction of sp³-hybridized carbons (Fsp3) is 0.263. The summed E-state index contributed by atoms with van der Waals surface area (Å²) in [6, 6.07) is 16.4. The second kappa shape index (κ2) is 5.74. The molecule has 0 heterocycles. The average Bonchev–Trinajstić information content (AvgIpc) is 2.47. The van der Waals surface area contributed by atoms with Crippen LogP contribution in [0.4, 0.5) is 0 Å². The molecule has 21 heavy (non-hydrogen) atoms. The molecular formula is C19H21NO. The lowest BCUT2D eigenvalue weighted by Gasteiger charge is -2.26. The van der Waals surface area contributed by atoms with Gasteiger partial charge in [-0.2, -0.15) is 0 Å². The molecule has 0 saturated heterocycles. The summed E-state index contributed by atoms with van der Waals surface area (Å²) >= 11 is 0. The van der Waals surface area contributed by atoms with E-state index in [-0.39, 0.29) is 0 Å². The van der Waals surface area contributed by atoms with E-state index in [0.29, 0.717) is 5.75 Å². The number of hydrogen-bond acceptors (Lipinski definition) is 2. The van der Waals surface area contributed by atoms with Gasteiger partial charge in [0.15, 0.2) is 0 Å². The summed E-state index contributed by atoms with van der Waals surface area (Å²) in [5.74, 6) is 0.421. The zero-order valence-electron chi connectivity index (χ0n) is 12.6. The molecule has 0 aliphatic heterocycles. The van der Waals surface area contributed by atoms with Gasteiger partial charge >= 0.3 is 0 Å². The predicted molar refractivity (Wildman–Crippen MR) is 87.4 cm³/mol. The predicted octanol–water partition coefficient (Wildman–Crippen LogP) is 3.70. The maximum absolute atomic E-state index is 10.2. The molecule has 2 heteroatoms. The van der Waals surface area contributed by atoms with E-state index in [1.165, 1.54) is 22.3 Å². The normalized spacial score (nSPS) is 14.4. The van der Waals surface area contributed by atoms with Crippen molar-refractivity contribution in [3.63, 3.8) is 0 Å². The van der Waals surface area contributed by atoms with Crippen molar-refractivity contribution in [3.8, 4) is 5.75 Å². The van der Waals surface area contributed by atoms with Gasteiger partial charge in [-0.25, -0.2) is 0 Å². The summed E-state index contributed by atoms with van der Waals surface area (Å²) in [6.45, 7) is 0.958. The zero-order valence-corrected chi connectivity index (χ0v) is 12.6. The molecule has 1 N–H and O–H groups in total. The van der Waals surface area contributed by atoms with Crippen LogP contribution in [0.2, 0.25) is 0 Å². The summed E-state index contributed by atoms with van der Waals surface area (Å²) in [5, 5.41) is 10.2. The highest BCUT2D eigenvalue weighted by molar-refractivity contribution is 5.86. The summed E-state index contributed by atoms with van der Waals surface area (Å²) in [4.78, 5) is 2.21. The van der Waals surface area contributed by atoms with Crippen molar-refractivity contribution in [1.82, 2.24) is 4.90 Å². The van der Waals surface area contributed by atoms with Crippen LogP contribution in [0, 0.1) is 0 Å². The molecule has 108 valence electrons. The Morgan fingerprint density at radius 3 is 2.43 bits per heavy atom. The average molecular weight is 279 g/mol. The molecule has 0 saturated carbocycles. The molecule has 0 atom stereocenters. The first-order valence-electron chi connectivity index (χ1n) is 7.40.